The first-order chi connectivity index (χ1) is 9.22. The lowest BCUT2D eigenvalue weighted by molar-refractivity contribution is 0.125. The largest absolute Gasteiger partial charge is 0.392 e. The van der Waals surface area contributed by atoms with E-state index in [-0.39, 0.29) is 18.3 Å². The van der Waals surface area contributed by atoms with E-state index in [1.54, 1.807) is 13.8 Å². The maximum atomic E-state index is 13.0. The monoisotopic (exact) mass is 290 g/mol. The highest BCUT2D eigenvalue weighted by atomic mass is 19.2. The number of aliphatic hydroxyl groups excluding tert-OH is 1. The van der Waals surface area contributed by atoms with Gasteiger partial charge in [-0.25, -0.2) is 18.0 Å². The molecule has 7 heteroatoms. The molecule has 0 aromatic heterocycles. The van der Waals surface area contributed by atoms with Crippen molar-refractivity contribution in [1.82, 2.24) is 4.90 Å². The Morgan fingerprint density at radius 3 is 2.15 bits per heavy atom. The summed E-state index contributed by atoms with van der Waals surface area (Å²) in [6, 6.07) is 0.528. The van der Waals surface area contributed by atoms with Gasteiger partial charge < -0.3 is 15.3 Å². The van der Waals surface area contributed by atoms with Crippen LogP contribution in [-0.4, -0.2) is 34.7 Å². The van der Waals surface area contributed by atoms with Gasteiger partial charge in [0.2, 0.25) is 0 Å². The first-order valence-electron chi connectivity index (χ1n) is 6.12. The summed E-state index contributed by atoms with van der Waals surface area (Å²) in [4.78, 5) is 13.3. The number of carbonyl (C=O) groups excluding carboxylic acids is 1. The fraction of sp³-hybridized carbons (Fsp3) is 0.462. The molecular formula is C13H17F3N2O2. The minimum atomic E-state index is -1.59. The lowest BCUT2D eigenvalue weighted by atomic mass is 10.2. The number of aliphatic hydroxyl groups is 1. The van der Waals surface area contributed by atoms with Crippen molar-refractivity contribution in [2.75, 3.05) is 11.9 Å². The van der Waals surface area contributed by atoms with Gasteiger partial charge in [0.1, 0.15) is 0 Å². The minimum absolute atomic E-state index is 0.0651. The number of rotatable bonds is 4. The van der Waals surface area contributed by atoms with Crippen molar-refractivity contribution in [3.8, 4) is 0 Å². The highest BCUT2D eigenvalue weighted by Gasteiger charge is 2.20. The maximum Gasteiger partial charge on any atom is 0.322 e. The molecule has 2 N–H and O–H groups in total. The Morgan fingerprint density at radius 2 is 1.75 bits per heavy atom. The Balaban J connectivity index is 2.88. The molecule has 0 saturated heterocycles. The van der Waals surface area contributed by atoms with E-state index in [9.17, 15) is 23.1 Å². The predicted molar refractivity (Wildman–Crippen MR) is 68.9 cm³/mol. The second kappa shape index (κ2) is 6.60. The molecule has 1 rings (SSSR count). The zero-order valence-electron chi connectivity index (χ0n) is 11.5. The molecule has 1 atom stereocenters. The van der Waals surface area contributed by atoms with Crippen LogP contribution in [0.2, 0.25) is 0 Å². The van der Waals surface area contributed by atoms with Crippen molar-refractivity contribution in [3.05, 3.63) is 29.6 Å². The molecule has 0 saturated carbocycles. The zero-order chi connectivity index (χ0) is 15.4. The van der Waals surface area contributed by atoms with Crippen LogP contribution in [0.1, 0.15) is 20.8 Å². The highest BCUT2D eigenvalue weighted by molar-refractivity contribution is 5.89. The number of halogens is 3. The number of nitrogens with zero attached hydrogens (tertiary/aromatic N) is 1. The molecule has 112 valence electrons. The molecule has 0 aliphatic heterocycles. The van der Waals surface area contributed by atoms with Gasteiger partial charge in [-0.1, -0.05) is 0 Å². The molecule has 1 unspecified atom stereocenters. The number of benzene rings is 1. The standard InChI is InChI=1S/C13H17F3N2O2/c1-7(2)18(6-8(3)19)13(20)17-9-4-10(14)12(16)11(15)5-9/h4-5,7-8,19H,6H2,1-3H3,(H,17,20). The highest BCUT2D eigenvalue weighted by Crippen LogP contribution is 2.18. The third kappa shape index (κ3) is 4.12. The Hall–Kier alpha value is -1.76. The van der Waals surface area contributed by atoms with E-state index in [1.165, 1.54) is 11.8 Å². The van der Waals surface area contributed by atoms with E-state index in [4.69, 9.17) is 0 Å². The van der Waals surface area contributed by atoms with E-state index in [0.717, 1.165) is 0 Å². The third-order valence-electron chi connectivity index (χ3n) is 2.58. The number of urea groups is 1. The Labute approximate surface area is 115 Å². The van der Waals surface area contributed by atoms with Crippen LogP contribution < -0.4 is 5.32 Å². The van der Waals surface area contributed by atoms with E-state index >= 15 is 0 Å². The molecular weight excluding hydrogens is 273 g/mol. The van der Waals surface area contributed by atoms with Gasteiger partial charge in [-0.2, -0.15) is 0 Å². The van der Waals surface area contributed by atoms with Crippen LogP contribution in [0.25, 0.3) is 0 Å². The normalized spacial score (nSPS) is 12.4. The summed E-state index contributed by atoms with van der Waals surface area (Å²) in [5.41, 5.74) is -0.192. The number of hydrogen-bond acceptors (Lipinski definition) is 2. The summed E-state index contributed by atoms with van der Waals surface area (Å²) in [6.45, 7) is 5.04. The van der Waals surface area contributed by atoms with Crippen LogP contribution in [-0.2, 0) is 0 Å². The Bertz CT molecular complexity index is 469. The molecule has 20 heavy (non-hydrogen) atoms. The topological polar surface area (TPSA) is 52.6 Å². The van der Waals surface area contributed by atoms with Crippen LogP contribution in [0.3, 0.4) is 0 Å². The lowest BCUT2D eigenvalue weighted by Crippen LogP contribution is -2.43. The minimum Gasteiger partial charge on any atom is -0.392 e. The van der Waals surface area contributed by atoms with Gasteiger partial charge in [0.05, 0.1) is 6.10 Å². The van der Waals surface area contributed by atoms with Crippen LogP contribution in [0.4, 0.5) is 23.7 Å². The summed E-state index contributed by atoms with van der Waals surface area (Å²) in [5.74, 6) is -4.36. The van der Waals surface area contributed by atoms with Crippen molar-refractivity contribution in [1.29, 1.82) is 0 Å². The molecule has 0 aliphatic rings. The average Bonchev–Trinajstić information content (AvgIpc) is 2.32. The Kier molecular flexibility index (Phi) is 5.38. The summed E-state index contributed by atoms with van der Waals surface area (Å²) in [5, 5.41) is 11.6. The van der Waals surface area contributed by atoms with Gasteiger partial charge >= 0.3 is 6.03 Å². The second-order valence-corrected chi connectivity index (χ2v) is 4.78. The summed E-state index contributed by atoms with van der Waals surface area (Å²) >= 11 is 0. The molecule has 2 amide bonds. The van der Waals surface area contributed by atoms with Crippen molar-refractivity contribution < 1.29 is 23.1 Å². The van der Waals surface area contributed by atoms with Crippen molar-refractivity contribution in [2.45, 2.75) is 32.9 Å². The molecule has 0 aliphatic carbocycles. The maximum absolute atomic E-state index is 13.0. The molecule has 0 bridgehead atoms. The third-order valence-corrected chi connectivity index (χ3v) is 2.58. The van der Waals surface area contributed by atoms with Gasteiger partial charge in [0.15, 0.2) is 17.5 Å². The van der Waals surface area contributed by atoms with E-state index in [2.05, 4.69) is 5.32 Å². The first kappa shape index (κ1) is 16.3. The molecule has 0 heterocycles. The fourth-order valence-corrected chi connectivity index (χ4v) is 1.64. The number of amides is 2. The number of nitrogens with one attached hydrogen (secondary N) is 1. The average molecular weight is 290 g/mol. The zero-order valence-corrected chi connectivity index (χ0v) is 11.5. The van der Waals surface area contributed by atoms with Crippen molar-refractivity contribution >= 4 is 11.7 Å². The quantitative estimate of drug-likeness (QED) is 0.838. The molecule has 0 spiro atoms. The molecule has 0 radical (unpaired) electrons. The summed E-state index contributed by atoms with van der Waals surface area (Å²) in [7, 11) is 0. The first-order valence-corrected chi connectivity index (χ1v) is 6.12. The van der Waals surface area contributed by atoms with Gasteiger partial charge in [0, 0.05) is 30.4 Å². The van der Waals surface area contributed by atoms with Crippen LogP contribution in [0.15, 0.2) is 12.1 Å². The predicted octanol–water partition coefficient (Wildman–Crippen LogP) is 2.73. The van der Waals surface area contributed by atoms with Crippen LogP contribution in [0.5, 0.6) is 0 Å². The van der Waals surface area contributed by atoms with Crippen molar-refractivity contribution in [2.24, 2.45) is 0 Å². The summed E-state index contributed by atoms with van der Waals surface area (Å²) < 4.78 is 38.9. The number of carbonyl (C=O) groups is 1. The van der Waals surface area contributed by atoms with Gasteiger partial charge in [-0.05, 0) is 20.8 Å². The molecule has 4 nitrogen and oxygen atoms in total. The van der Waals surface area contributed by atoms with Crippen molar-refractivity contribution in [3.63, 3.8) is 0 Å². The molecule has 1 aromatic carbocycles. The molecule has 0 fully saturated rings. The number of hydrogen-bond donors (Lipinski definition) is 2. The SMILES string of the molecule is CC(O)CN(C(=O)Nc1cc(F)c(F)c(F)c1)C(C)C. The van der Waals surface area contributed by atoms with E-state index in [1.807, 2.05) is 0 Å². The summed E-state index contributed by atoms with van der Waals surface area (Å²) in [6.07, 6.45) is -0.746. The van der Waals surface area contributed by atoms with Gasteiger partial charge in [-0.15, -0.1) is 0 Å². The van der Waals surface area contributed by atoms with E-state index < -0.39 is 29.6 Å². The lowest BCUT2D eigenvalue weighted by Gasteiger charge is -2.28. The van der Waals surface area contributed by atoms with Crippen LogP contribution >= 0.6 is 0 Å². The smallest absolute Gasteiger partial charge is 0.322 e. The van der Waals surface area contributed by atoms with E-state index in [0.29, 0.717) is 12.1 Å². The van der Waals surface area contributed by atoms with Crippen LogP contribution in [0, 0.1) is 17.5 Å². The fourth-order valence-electron chi connectivity index (χ4n) is 1.64. The number of anilines is 1. The van der Waals surface area contributed by atoms with Gasteiger partial charge in [0.25, 0.3) is 0 Å². The van der Waals surface area contributed by atoms with Gasteiger partial charge in [-0.3, -0.25) is 0 Å². The Morgan fingerprint density at radius 1 is 1.25 bits per heavy atom. The molecule has 1 aromatic rings. The second-order valence-electron chi connectivity index (χ2n) is 4.78.